The number of hydrogen-bond acceptors (Lipinski definition) is 6. The van der Waals surface area contributed by atoms with Crippen LogP contribution >= 0.6 is 11.3 Å². The molecule has 1 aliphatic rings. The lowest BCUT2D eigenvalue weighted by atomic mass is 9.98. The first kappa shape index (κ1) is 17.8. The normalized spacial score (nSPS) is 16.4. The van der Waals surface area contributed by atoms with Gasteiger partial charge in [0.15, 0.2) is 0 Å². The Labute approximate surface area is 141 Å². The second kappa shape index (κ2) is 7.35. The van der Waals surface area contributed by atoms with Gasteiger partial charge in [-0.1, -0.05) is 32.1 Å². The highest BCUT2D eigenvalue weighted by Crippen LogP contribution is 2.27. The number of hydrogen-bond donors (Lipinski definition) is 1. The average Bonchev–Trinajstić information content (AvgIpc) is 2.94. The van der Waals surface area contributed by atoms with Crippen molar-refractivity contribution in [2.75, 3.05) is 38.5 Å². The van der Waals surface area contributed by atoms with Crippen LogP contribution in [-0.4, -0.2) is 65.0 Å². The predicted molar refractivity (Wildman–Crippen MR) is 90.5 cm³/mol. The first-order valence-electron chi connectivity index (χ1n) is 7.86. The molecular weight excluding hydrogens is 314 g/mol. The first-order chi connectivity index (χ1) is 10.8. The Bertz CT molecular complexity index is 558. The lowest BCUT2D eigenvalue weighted by molar-refractivity contribution is -0.134. The van der Waals surface area contributed by atoms with Crippen LogP contribution < -0.4 is 5.32 Å². The van der Waals surface area contributed by atoms with Crippen LogP contribution in [0.3, 0.4) is 0 Å². The fraction of sp³-hybridized carbons (Fsp3) is 0.733. The van der Waals surface area contributed by atoms with Crippen LogP contribution in [0.25, 0.3) is 0 Å². The van der Waals surface area contributed by atoms with E-state index in [2.05, 4.69) is 20.4 Å². The van der Waals surface area contributed by atoms with Gasteiger partial charge < -0.3 is 15.1 Å². The van der Waals surface area contributed by atoms with Crippen LogP contribution in [0.2, 0.25) is 0 Å². The predicted octanol–water partition coefficient (Wildman–Crippen LogP) is 1.33. The zero-order valence-corrected chi connectivity index (χ0v) is 15.1. The zero-order valence-electron chi connectivity index (χ0n) is 14.3. The van der Waals surface area contributed by atoms with E-state index in [1.54, 1.807) is 0 Å². The van der Waals surface area contributed by atoms with Gasteiger partial charge >= 0.3 is 0 Å². The van der Waals surface area contributed by atoms with Gasteiger partial charge in [-0.15, -0.1) is 10.2 Å². The molecule has 1 N–H and O–H groups in total. The van der Waals surface area contributed by atoms with Crippen LogP contribution in [-0.2, 0) is 15.0 Å². The molecule has 2 amide bonds. The van der Waals surface area contributed by atoms with Gasteiger partial charge in [0.2, 0.25) is 16.9 Å². The Morgan fingerprint density at radius 2 is 1.78 bits per heavy atom. The maximum atomic E-state index is 12.1. The maximum absolute atomic E-state index is 12.1. The van der Waals surface area contributed by atoms with Crippen molar-refractivity contribution >= 4 is 28.3 Å². The van der Waals surface area contributed by atoms with Crippen molar-refractivity contribution < 1.29 is 9.59 Å². The second-order valence-electron chi connectivity index (χ2n) is 6.89. The highest BCUT2D eigenvalue weighted by molar-refractivity contribution is 7.15. The summed E-state index contributed by atoms with van der Waals surface area (Å²) in [6.07, 6.45) is 0.413. The summed E-state index contributed by atoms with van der Waals surface area (Å²) in [4.78, 5) is 28.1. The number of likely N-dealkylation sites (N-methyl/N-ethyl adjacent to an activating group) is 1. The van der Waals surface area contributed by atoms with E-state index in [4.69, 9.17) is 0 Å². The zero-order chi connectivity index (χ0) is 17.0. The summed E-state index contributed by atoms with van der Waals surface area (Å²) in [5.74, 6) is -0.148. The van der Waals surface area contributed by atoms with E-state index in [0.717, 1.165) is 31.2 Å². The monoisotopic (exact) mass is 339 g/mol. The van der Waals surface area contributed by atoms with Gasteiger partial charge in [-0.05, 0) is 7.05 Å². The van der Waals surface area contributed by atoms with Crippen LogP contribution in [0.1, 0.15) is 38.6 Å². The molecule has 128 valence electrons. The molecular formula is C15H25N5O2S. The standard InChI is InChI=1S/C15H25N5O2S/c1-15(2,3)13-17-18-14(23-13)16-11(21)5-6-12(22)20-9-7-19(4)8-10-20/h5-10H2,1-4H3,(H,16,18,21). The van der Waals surface area contributed by atoms with Crippen LogP contribution in [0.4, 0.5) is 5.13 Å². The molecule has 7 nitrogen and oxygen atoms in total. The molecule has 0 atom stereocenters. The summed E-state index contributed by atoms with van der Waals surface area (Å²) in [5, 5.41) is 12.2. The maximum Gasteiger partial charge on any atom is 0.226 e. The third-order valence-corrected chi connectivity index (χ3v) is 5.00. The minimum Gasteiger partial charge on any atom is -0.340 e. The minimum atomic E-state index is -0.191. The fourth-order valence-corrected chi connectivity index (χ4v) is 3.01. The molecule has 0 bridgehead atoms. The van der Waals surface area contributed by atoms with Crippen molar-refractivity contribution in [3.05, 3.63) is 5.01 Å². The molecule has 0 aliphatic carbocycles. The van der Waals surface area contributed by atoms with E-state index in [1.165, 1.54) is 11.3 Å². The Morgan fingerprint density at radius 3 is 2.35 bits per heavy atom. The summed E-state index contributed by atoms with van der Waals surface area (Å²) in [6, 6.07) is 0. The number of piperazine rings is 1. The average molecular weight is 339 g/mol. The quantitative estimate of drug-likeness (QED) is 0.895. The number of carbonyl (C=O) groups excluding carboxylic acids is 2. The number of nitrogens with one attached hydrogen (secondary N) is 1. The number of anilines is 1. The Balaban J connectivity index is 1.77. The highest BCUT2D eigenvalue weighted by atomic mass is 32.1. The van der Waals surface area contributed by atoms with Crippen molar-refractivity contribution in [2.45, 2.75) is 39.0 Å². The Morgan fingerprint density at radius 1 is 1.13 bits per heavy atom. The van der Waals surface area contributed by atoms with Crippen molar-refractivity contribution in [1.29, 1.82) is 0 Å². The summed E-state index contributed by atoms with van der Waals surface area (Å²) in [7, 11) is 2.04. The van der Waals surface area contributed by atoms with Crippen molar-refractivity contribution in [3.63, 3.8) is 0 Å². The van der Waals surface area contributed by atoms with Gasteiger partial charge in [-0.2, -0.15) is 0 Å². The SMILES string of the molecule is CN1CCN(C(=O)CCC(=O)Nc2nnc(C(C)(C)C)s2)CC1. The van der Waals surface area contributed by atoms with E-state index in [1.807, 2.05) is 32.7 Å². The highest BCUT2D eigenvalue weighted by Gasteiger charge is 2.21. The van der Waals surface area contributed by atoms with Crippen molar-refractivity contribution in [2.24, 2.45) is 0 Å². The molecule has 0 aromatic carbocycles. The Hall–Kier alpha value is -1.54. The minimum absolute atomic E-state index is 0.0425. The van der Waals surface area contributed by atoms with Crippen LogP contribution in [0.5, 0.6) is 0 Å². The van der Waals surface area contributed by atoms with E-state index in [-0.39, 0.29) is 30.1 Å². The first-order valence-corrected chi connectivity index (χ1v) is 8.67. The summed E-state index contributed by atoms with van der Waals surface area (Å²) < 4.78 is 0. The third-order valence-electron chi connectivity index (χ3n) is 3.73. The molecule has 0 unspecified atom stereocenters. The van der Waals surface area contributed by atoms with Crippen LogP contribution in [0, 0.1) is 0 Å². The van der Waals surface area contributed by atoms with Gasteiger partial charge in [-0.3, -0.25) is 9.59 Å². The molecule has 1 aliphatic heterocycles. The van der Waals surface area contributed by atoms with Crippen molar-refractivity contribution in [1.82, 2.24) is 20.0 Å². The second-order valence-corrected chi connectivity index (χ2v) is 7.87. The number of nitrogens with zero attached hydrogens (tertiary/aromatic N) is 4. The topological polar surface area (TPSA) is 78.4 Å². The van der Waals surface area contributed by atoms with E-state index in [9.17, 15) is 9.59 Å². The number of carbonyl (C=O) groups is 2. The van der Waals surface area contributed by atoms with Gasteiger partial charge in [0.25, 0.3) is 0 Å². The smallest absolute Gasteiger partial charge is 0.226 e. The fourth-order valence-electron chi connectivity index (χ4n) is 2.19. The number of aromatic nitrogens is 2. The summed E-state index contributed by atoms with van der Waals surface area (Å²) in [5.41, 5.74) is -0.0853. The molecule has 0 saturated carbocycles. The molecule has 0 radical (unpaired) electrons. The largest absolute Gasteiger partial charge is 0.340 e. The van der Waals surface area contributed by atoms with E-state index >= 15 is 0 Å². The van der Waals surface area contributed by atoms with Crippen LogP contribution in [0.15, 0.2) is 0 Å². The van der Waals surface area contributed by atoms with E-state index in [0.29, 0.717) is 5.13 Å². The molecule has 1 aromatic rings. The summed E-state index contributed by atoms with van der Waals surface area (Å²) >= 11 is 1.38. The lowest BCUT2D eigenvalue weighted by Gasteiger charge is -2.32. The molecule has 0 spiro atoms. The Kier molecular flexibility index (Phi) is 5.69. The third kappa shape index (κ3) is 5.24. The van der Waals surface area contributed by atoms with Gasteiger partial charge in [-0.25, -0.2) is 0 Å². The molecule has 8 heteroatoms. The number of rotatable bonds is 4. The van der Waals surface area contributed by atoms with E-state index < -0.39 is 0 Å². The lowest BCUT2D eigenvalue weighted by Crippen LogP contribution is -2.47. The molecule has 23 heavy (non-hydrogen) atoms. The van der Waals surface area contributed by atoms with Gasteiger partial charge in [0.1, 0.15) is 5.01 Å². The molecule has 1 saturated heterocycles. The van der Waals surface area contributed by atoms with Gasteiger partial charge in [0, 0.05) is 44.4 Å². The molecule has 2 heterocycles. The number of amides is 2. The molecule has 2 rings (SSSR count). The van der Waals surface area contributed by atoms with Gasteiger partial charge in [0.05, 0.1) is 0 Å². The molecule has 1 aromatic heterocycles. The molecule has 1 fully saturated rings. The summed E-state index contributed by atoms with van der Waals surface area (Å²) in [6.45, 7) is 9.40. The van der Waals surface area contributed by atoms with Crippen molar-refractivity contribution in [3.8, 4) is 0 Å².